The average Bonchev–Trinajstić information content (AvgIpc) is 3.58. The van der Waals surface area contributed by atoms with Crippen molar-refractivity contribution in [1.82, 2.24) is 4.98 Å². The zero-order chi connectivity index (χ0) is 35.7. The van der Waals surface area contributed by atoms with Gasteiger partial charge in [0.2, 0.25) is 0 Å². The van der Waals surface area contributed by atoms with Crippen molar-refractivity contribution in [3.8, 4) is 0 Å². The van der Waals surface area contributed by atoms with Gasteiger partial charge in [0, 0.05) is 44.8 Å². The van der Waals surface area contributed by atoms with E-state index in [1.807, 2.05) is 39.8 Å². The first-order chi connectivity index (χ1) is 23.2. The first-order valence-electron chi connectivity index (χ1n) is 19.2. The van der Waals surface area contributed by atoms with Crippen LogP contribution in [-0.4, -0.2) is 74.1 Å². The lowest BCUT2D eigenvalue weighted by molar-refractivity contribution is -0.381. The number of rotatable bonds is 1. The van der Waals surface area contributed by atoms with Gasteiger partial charge >= 0.3 is 0 Å². The van der Waals surface area contributed by atoms with Gasteiger partial charge in [-0.15, -0.1) is 0 Å². The van der Waals surface area contributed by atoms with Gasteiger partial charge in [0.05, 0.1) is 40.5 Å². The van der Waals surface area contributed by atoms with Gasteiger partial charge in [0.1, 0.15) is 12.2 Å². The molecular weight excluding hydrogens is 630 g/mol. The Balaban J connectivity index is 1.13. The van der Waals surface area contributed by atoms with Crippen LogP contribution in [0, 0.1) is 29.1 Å². The maximum absolute atomic E-state index is 14.3. The number of Topliss-reactive ketones (excluding diaryl/α,β-unsaturated/α-hetero) is 1. The summed E-state index contributed by atoms with van der Waals surface area (Å²) in [4.78, 5) is 18.2. The molecule has 4 heterocycles. The number of hydrogen-bond acceptors (Lipinski definition) is 7. The van der Waals surface area contributed by atoms with Crippen molar-refractivity contribution in [1.29, 1.82) is 0 Å². The van der Waals surface area contributed by atoms with Crippen molar-refractivity contribution in [2.24, 2.45) is 29.1 Å². The van der Waals surface area contributed by atoms with Crippen LogP contribution >= 0.6 is 0 Å². The number of carbonyl (C=O) groups is 1. The molecule has 4 aliphatic carbocycles. The standard InChI is InChI=1S/C42H57NO7/c1-20(2)17-28-48-34-33(45)31-27(47-36(34)39(7,8)49-28)14-15-40(9)41(10)21(13-16-42(31,40)46)18-24-29-23-19-25-30(38(5,6)50-37(25,3)4)32(44)22(23)11-12-26(29)43-35(24)41/h11-12,17,21,25,27-28,30-31,33-34,36,43,45-46H,13-16,18-19H2,1-10H3/t21-,25?,27-,28-,30?,31?,33-,34?,36-,40+,41+,42+/m0/s1. The number of aliphatic hydroxyl groups is 2. The van der Waals surface area contributed by atoms with Crippen LogP contribution in [0.4, 0.5) is 0 Å². The first kappa shape index (κ1) is 33.7. The third-order valence-electron chi connectivity index (χ3n) is 15.6. The fraction of sp³-hybridized carbons (Fsp3) is 0.738. The van der Waals surface area contributed by atoms with Crippen LogP contribution in [0.5, 0.6) is 0 Å². The Morgan fingerprint density at radius 3 is 2.38 bits per heavy atom. The molecule has 1 aromatic heterocycles. The summed E-state index contributed by atoms with van der Waals surface area (Å²) in [5, 5.41) is 26.9. The Labute approximate surface area is 296 Å². The Bertz CT molecular complexity index is 1830. The largest absolute Gasteiger partial charge is 0.390 e. The van der Waals surface area contributed by atoms with Gasteiger partial charge in [-0.25, -0.2) is 0 Å². The highest BCUT2D eigenvalue weighted by Crippen LogP contribution is 2.70. The number of H-pyrrole nitrogens is 1. The van der Waals surface area contributed by atoms with Gasteiger partial charge in [-0.2, -0.15) is 0 Å². The molecule has 7 aliphatic rings. The van der Waals surface area contributed by atoms with E-state index in [0.29, 0.717) is 12.3 Å². The molecule has 9 rings (SSSR count). The highest BCUT2D eigenvalue weighted by atomic mass is 16.7. The minimum atomic E-state index is -1.18. The van der Waals surface area contributed by atoms with E-state index in [0.717, 1.165) is 48.8 Å². The zero-order valence-electron chi connectivity index (χ0n) is 31.6. The van der Waals surface area contributed by atoms with Crippen molar-refractivity contribution in [2.45, 2.75) is 166 Å². The monoisotopic (exact) mass is 687 g/mol. The summed E-state index contributed by atoms with van der Waals surface area (Å²) in [6.45, 7) is 21.1. The third kappa shape index (κ3) is 4.02. The number of nitrogens with one attached hydrogen (secondary N) is 1. The van der Waals surface area contributed by atoms with Gasteiger partial charge < -0.3 is 34.1 Å². The van der Waals surface area contributed by atoms with Gasteiger partial charge in [0.15, 0.2) is 12.1 Å². The molecule has 3 N–H and O–H groups in total. The lowest BCUT2D eigenvalue weighted by Gasteiger charge is -2.68. The molecule has 8 nitrogen and oxygen atoms in total. The van der Waals surface area contributed by atoms with Crippen molar-refractivity contribution in [2.75, 3.05) is 0 Å². The van der Waals surface area contributed by atoms with E-state index < -0.39 is 58.3 Å². The van der Waals surface area contributed by atoms with E-state index in [9.17, 15) is 15.0 Å². The number of benzene rings is 1. The number of ether oxygens (including phenoxy) is 4. The molecule has 12 atom stereocenters. The molecule has 1 aromatic carbocycles. The zero-order valence-corrected chi connectivity index (χ0v) is 31.6. The number of fused-ring (bicyclic) bond motifs is 13. The molecule has 0 spiro atoms. The van der Waals surface area contributed by atoms with Crippen LogP contribution in [-0.2, 0) is 37.2 Å². The number of aromatic nitrogens is 1. The molecule has 0 amide bonds. The molecular formula is C42H57NO7. The van der Waals surface area contributed by atoms with Crippen LogP contribution in [0.15, 0.2) is 23.8 Å². The number of hydrogen-bond donors (Lipinski definition) is 3. The summed E-state index contributed by atoms with van der Waals surface area (Å²) in [5.41, 5.74) is 3.02. The number of aromatic amines is 1. The van der Waals surface area contributed by atoms with E-state index in [4.69, 9.17) is 18.9 Å². The van der Waals surface area contributed by atoms with Crippen LogP contribution < -0.4 is 0 Å². The molecule has 50 heavy (non-hydrogen) atoms. The molecule has 5 fully saturated rings. The van der Waals surface area contributed by atoms with Crippen molar-refractivity contribution in [3.05, 3.63) is 46.2 Å². The molecule has 3 aliphatic heterocycles. The second-order valence-corrected chi connectivity index (χ2v) is 19.4. The van der Waals surface area contributed by atoms with Crippen LogP contribution in [0.1, 0.15) is 122 Å². The third-order valence-corrected chi connectivity index (χ3v) is 15.6. The summed E-state index contributed by atoms with van der Waals surface area (Å²) in [7, 11) is 0. The van der Waals surface area contributed by atoms with Crippen molar-refractivity contribution in [3.63, 3.8) is 0 Å². The fourth-order valence-corrected chi connectivity index (χ4v) is 13.2. The molecule has 0 radical (unpaired) electrons. The summed E-state index contributed by atoms with van der Waals surface area (Å²) >= 11 is 0. The molecule has 2 aromatic rings. The van der Waals surface area contributed by atoms with E-state index in [1.165, 1.54) is 22.2 Å². The average molecular weight is 688 g/mol. The lowest BCUT2D eigenvalue weighted by Crippen LogP contribution is -2.76. The minimum absolute atomic E-state index is 0.108. The predicted molar refractivity (Wildman–Crippen MR) is 190 cm³/mol. The summed E-state index contributed by atoms with van der Waals surface area (Å²) in [6, 6.07) is 4.15. The normalized spacial score (nSPS) is 46.2. The van der Waals surface area contributed by atoms with E-state index >= 15 is 0 Å². The van der Waals surface area contributed by atoms with Gasteiger partial charge in [-0.3, -0.25) is 4.79 Å². The van der Waals surface area contributed by atoms with E-state index in [1.54, 1.807) is 0 Å². The SMILES string of the molecule is CC(C)=C[C@H]1OC2[C@@H](O)C3[C@H](CC[C@@]4(C)[C@@]3(O)CC[C@H]3Cc5c([nH]c6ccc7c(c56)CC5C(C7=O)C(C)(C)OC5(C)C)[C@@]34C)O[C@@H]2C(C)(C)O1. The summed E-state index contributed by atoms with van der Waals surface area (Å²) in [6.07, 6.45) is 3.79. The maximum Gasteiger partial charge on any atom is 0.178 e. The number of allylic oxidation sites excluding steroid dienone is 1. The predicted octanol–water partition coefficient (Wildman–Crippen LogP) is 6.71. The quantitative estimate of drug-likeness (QED) is 0.286. The van der Waals surface area contributed by atoms with Crippen LogP contribution in [0.3, 0.4) is 0 Å². The number of aliphatic hydroxyl groups excluding tert-OH is 1. The maximum atomic E-state index is 14.3. The van der Waals surface area contributed by atoms with Crippen LogP contribution in [0.25, 0.3) is 10.9 Å². The second kappa shape index (κ2) is 10.1. The van der Waals surface area contributed by atoms with Gasteiger partial charge in [-0.1, -0.05) is 19.4 Å². The second-order valence-electron chi connectivity index (χ2n) is 19.4. The highest BCUT2D eigenvalue weighted by molar-refractivity contribution is 6.06. The minimum Gasteiger partial charge on any atom is -0.390 e. The first-order valence-corrected chi connectivity index (χ1v) is 19.2. The van der Waals surface area contributed by atoms with Crippen LogP contribution in [0.2, 0.25) is 0 Å². The fourth-order valence-electron chi connectivity index (χ4n) is 13.2. The van der Waals surface area contributed by atoms with E-state index in [-0.39, 0.29) is 29.1 Å². The Kier molecular flexibility index (Phi) is 6.83. The topological polar surface area (TPSA) is 110 Å². The highest BCUT2D eigenvalue weighted by Gasteiger charge is 2.74. The number of ketones is 1. The smallest absolute Gasteiger partial charge is 0.178 e. The molecule has 2 saturated carbocycles. The molecule has 8 heteroatoms. The number of carbonyl (C=O) groups excluding carboxylic acids is 1. The van der Waals surface area contributed by atoms with Crippen molar-refractivity contribution < 1.29 is 34.0 Å². The van der Waals surface area contributed by atoms with Crippen molar-refractivity contribution >= 4 is 16.7 Å². The Morgan fingerprint density at radius 2 is 1.66 bits per heavy atom. The van der Waals surface area contributed by atoms with Gasteiger partial charge in [0.25, 0.3) is 0 Å². The van der Waals surface area contributed by atoms with E-state index in [2.05, 4.69) is 52.6 Å². The lowest BCUT2D eigenvalue weighted by atomic mass is 9.40. The van der Waals surface area contributed by atoms with Gasteiger partial charge in [-0.05, 0) is 129 Å². The molecule has 3 saturated heterocycles. The Hall–Kier alpha value is -2.07. The summed E-state index contributed by atoms with van der Waals surface area (Å²) in [5.74, 6) is -0.0102. The Morgan fingerprint density at radius 1 is 0.920 bits per heavy atom. The molecule has 4 unspecified atom stereocenters. The molecule has 0 bridgehead atoms. The summed E-state index contributed by atoms with van der Waals surface area (Å²) < 4.78 is 26.2. The molecule has 272 valence electrons.